The van der Waals surface area contributed by atoms with Gasteiger partial charge in [0.25, 0.3) is 0 Å². The maximum absolute atomic E-state index is 8.99. The third kappa shape index (κ3) is 2.93. The topological polar surface area (TPSA) is 35.8 Å². The first kappa shape index (κ1) is 11.8. The number of nitrogens with one attached hydrogen (secondary N) is 1. The number of hydrogen-bond donors (Lipinski definition) is 1. The number of halogens is 1. The van der Waals surface area contributed by atoms with Crippen molar-refractivity contribution in [3.8, 4) is 6.07 Å². The Bertz CT molecular complexity index is 408. The van der Waals surface area contributed by atoms with Crippen molar-refractivity contribution in [2.45, 2.75) is 6.42 Å². The number of hydrogen-bond acceptors (Lipinski definition) is 3. The van der Waals surface area contributed by atoms with E-state index in [4.69, 9.17) is 5.26 Å². The fourth-order valence-corrected chi connectivity index (χ4v) is 3.40. The van der Waals surface area contributed by atoms with Crippen molar-refractivity contribution < 1.29 is 0 Å². The van der Waals surface area contributed by atoms with Gasteiger partial charge in [0.1, 0.15) is 6.07 Å². The van der Waals surface area contributed by atoms with Gasteiger partial charge in [-0.1, -0.05) is 15.9 Å². The summed E-state index contributed by atoms with van der Waals surface area (Å²) in [7, 11) is 0. The van der Waals surface area contributed by atoms with Gasteiger partial charge in [0.2, 0.25) is 0 Å². The smallest absolute Gasteiger partial charge is 0.101 e. The van der Waals surface area contributed by atoms with Crippen LogP contribution in [0.3, 0.4) is 0 Å². The fourth-order valence-electron chi connectivity index (χ4n) is 1.76. The molecule has 0 aliphatic carbocycles. The fraction of sp³-hybridized carbons (Fsp3) is 0.417. The zero-order chi connectivity index (χ0) is 11.4. The van der Waals surface area contributed by atoms with Crippen molar-refractivity contribution in [3.05, 3.63) is 28.2 Å². The standard InChI is InChI=1S/C12H13BrN2S/c13-11-2-1-10(6-14)12(5-11)15-7-9-3-4-16-8-9/h1-2,5,9,15H,3-4,7-8H2. The second kappa shape index (κ2) is 5.60. The predicted octanol–water partition coefficient (Wildman–Crippen LogP) is 3.49. The molecule has 1 aliphatic rings. The first-order valence-electron chi connectivity index (χ1n) is 5.31. The van der Waals surface area contributed by atoms with E-state index >= 15 is 0 Å². The van der Waals surface area contributed by atoms with Crippen molar-refractivity contribution >= 4 is 33.4 Å². The Kier molecular flexibility index (Phi) is 4.14. The summed E-state index contributed by atoms with van der Waals surface area (Å²) >= 11 is 5.44. The molecule has 1 heterocycles. The summed E-state index contributed by atoms with van der Waals surface area (Å²) in [6, 6.07) is 7.92. The highest BCUT2D eigenvalue weighted by molar-refractivity contribution is 9.10. The Morgan fingerprint density at radius 1 is 1.56 bits per heavy atom. The van der Waals surface area contributed by atoms with E-state index in [1.807, 2.05) is 30.0 Å². The average Bonchev–Trinajstić information content (AvgIpc) is 2.79. The van der Waals surface area contributed by atoms with Crippen molar-refractivity contribution in [3.63, 3.8) is 0 Å². The first-order chi connectivity index (χ1) is 7.79. The minimum atomic E-state index is 0.717. The molecular formula is C12H13BrN2S. The molecule has 2 nitrogen and oxygen atoms in total. The minimum Gasteiger partial charge on any atom is -0.384 e. The Hall–Kier alpha value is -0.660. The Labute approximate surface area is 109 Å². The van der Waals surface area contributed by atoms with Gasteiger partial charge < -0.3 is 5.32 Å². The second-order valence-electron chi connectivity index (χ2n) is 3.91. The summed E-state index contributed by atoms with van der Waals surface area (Å²) in [4.78, 5) is 0. The monoisotopic (exact) mass is 296 g/mol. The number of thioether (sulfide) groups is 1. The van der Waals surface area contributed by atoms with Gasteiger partial charge in [-0.25, -0.2) is 0 Å². The molecule has 0 radical (unpaired) electrons. The first-order valence-corrected chi connectivity index (χ1v) is 7.25. The van der Waals surface area contributed by atoms with Crippen LogP contribution in [0.4, 0.5) is 5.69 Å². The quantitative estimate of drug-likeness (QED) is 0.927. The molecule has 1 atom stereocenters. The van der Waals surface area contributed by atoms with Gasteiger partial charge in [-0.15, -0.1) is 0 Å². The summed E-state index contributed by atoms with van der Waals surface area (Å²) in [5.41, 5.74) is 1.66. The summed E-state index contributed by atoms with van der Waals surface area (Å²) in [6.07, 6.45) is 1.29. The predicted molar refractivity (Wildman–Crippen MR) is 72.8 cm³/mol. The molecule has 0 aromatic heterocycles. The number of rotatable bonds is 3. The van der Waals surface area contributed by atoms with E-state index in [1.54, 1.807) is 0 Å². The summed E-state index contributed by atoms with van der Waals surface area (Å²) in [6.45, 7) is 0.970. The van der Waals surface area contributed by atoms with Gasteiger partial charge in [0.05, 0.1) is 11.3 Å². The molecule has 1 aromatic carbocycles. The molecule has 0 bridgehead atoms. The van der Waals surface area contributed by atoms with Gasteiger partial charge in [0.15, 0.2) is 0 Å². The van der Waals surface area contributed by atoms with Crippen LogP contribution in [0.25, 0.3) is 0 Å². The number of benzene rings is 1. The lowest BCUT2D eigenvalue weighted by atomic mass is 10.1. The molecule has 1 aliphatic heterocycles. The SMILES string of the molecule is N#Cc1ccc(Br)cc1NCC1CCSC1. The van der Waals surface area contributed by atoms with Crippen LogP contribution in [0.1, 0.15) is 12.0 Å². The van der Waals surface area contributed by atoms with Gasteiger partial charge >= 0.3 is 0 Å². The van der Waals surface area contributed by atoms with Crippen LogP contribution < -0.4 is 5.32 Å². The highest BCUT2D eigenvalue weighted by Gasteiger charge is 2.15. The van der Waals surface area contributed by atoms with E-state index in [-0.39, 0.29) is 0 Å². The van der Waals surface area contributed by atoms with Crippen LogP contribution in [-0.4, -0.2) is 18.1 Å². The van der Waals surface area contributed by atoms with Crippen molar-refractivity contribution in [2.75, 3.05) is 23.4 Å². The maximum atomic E-state index is 8.99. The summed E-state index contributed by atoms with van der Waals surface area (Å²) in [5.74, 6) is 3.26. The summed E-state index contributed by atoms with van der Waals surface area (Å²) < 4.78 is 1.01. The zero-order valence-electron chi connectivity index (χ0n) is 8.87. The Morgan fingerprint density at radius 3 is 3.12 bits per heavy atom. The molecule has 1 aromatic rings. The van der Waals surface area contributed by atoms with E-state index in [1.165, 1.54) is 17.9 Å². The normalized spacial score (nSPS) is 19.4. The molecule has 1 fully saturated rings. The molecular weight excluding hydrogens is 284 g/mol. The van der Waals surface area contributed by atoms with Crippen LogP contribution in [0.2, 0.25) is 0 Å². The molecule has 16 heavy (non-hydrogen) atoms. The van der Waals surface area contributed by atoms with Crippen LogP contribution in [0.5, 0.6) is 0 Å². The largest absolute Gasteiger partial charge is 0.384 e. The lowest BCUT2D eigenvalue weighted by Gasteiger charge is -2.12. The summed E-state index contributed by atoms with van der Waals surface area (Å²) in [5, 5.41) is 12.4. The van der Waals surface area contributed by atoms with Gasteiger partial charge in [-0.2, -0.15) is 17.0 Å². The number of nitriles is 1. The van der Waals surface area contributed by atoms with Gasteiger partial charge in [-0.05, 0) is 42.0 Å². The van der Waals surface area contributed by atoms with Crippen molar-refractivity contribution in [1.29, 1.82) is 5.26 Å². The second-order valence-corrected chi connectivity index (χ2v) is 5.98. The molecule has 0 amide bonds. The van der Waals surface area contributed by atoms with Crippen molar-refractivity contribution in [1.82, 2.24) is 0 Å². The minimum absolute atomic E-state index is 0.717. The third-order valence-electron chi connectivity index (χ3n) is 2.71. The zero-order valence-corrected chi connectivity index (χ0v) is 11.3. The van der Waals surface area contributed by atoms with Gasteiger partial charge in [0, 0.05) is 11.0 Å². The number of anilines is 1. The highest BCUT2D eigenvalue weighted by atomic mass is 79.9. The molecule has 2 rings (SSSR count). The molecule has 0 spiro atoms. The van der Waals surface area contributed by atoms with Crippen LogP contribution in [-0.2, 0) is 0 Å². The van der Waals surface area contributed by atoms with E-state index < -0.39 is 0 Å². The van der Waals surface area contributed by atoms with E-state index in [0.717, 1.165) is 22.6 Å². The molecule has 1 unspecified atom stereocenters. The lowest BCUT2D eigenvalue weighted by molar-refractivity contribution is 0.632. The lowest BCUT2D eigenvalue weighted by Crippen LogP contribution is -2.14. The van der Waals surface area contributed by atoms with E-state index in [0.29, 0.717) is 5.56 Å². The molecule has 0 saturated carbocycles. The molecule has 84 valence electrons. The Balaban J connectivity index is 2.02. The van der Waals surface area contributed by atoms with E-state index in [9.17, 15) is 0 Å². The highest BCUT2D eigenvalue weighted by Crippen LogP contribution is 2.25. The average molecular weight is 297 g/mol. The number of nitrogens with zero attached hydrogens (tertiary/aromatic N) is 1. The Morgan fingerprint density at radius 2 is 2.44 bits per heavy atom. The van der Waals surface area contributed by atoms with Crippen LogP contribution in [0.15, 0.2) is 22.7 Å². The third-order valence-corrected chi connectivity index (χ3v) is 4.43. The molecule has 1 saturated heterocycles. The molecule has 4 heteroatoms. The van der Waals surface area contributed by atoms with Crippen molar-refractivity contribution in [2.24, 2.45) is 5.92 Å². The van der Waals surface area contributed by atoms with E-state index in [2.05, 4.69) is 27.3 Å². The van der Waals surface area contributed by atoms with Crippen LogP contribution >= 0.6 is 27.7 Å². The maximum Gasteiger partial charge on any atom is 0.101 e. The van der Waals surface area contributed by atoms with Crippen LogP contribution in [0, 0.1) is 17.2 Å². The molecule has 1 N–H and O–H groups in total. The van der Waals surface area contributed by atoms with Gasteiger partial charge in [-0.3, -0.25) is 0 Å².